The van der Waals surface area contributed by atoms with E-state index >= 15 is 0 Å². The number of rotatable bonds is 1. The maximum Gasteiger partial charge on any atom is 0.106 e. The largest absolute Gasteiger partial charge is 0.397 e. The average molecular weight is 108 g/mol. The van der Waals surface area contributed by atoms with Gasteiger partial charge in [0.05, 0.1) is 5.70 Å². The zero-order valence-electron chi connectivity index (χ0n) is 4.52. The van der Waals surface area contributed by atoms with Crippen LogP contribution in [0.25, 0.3) is 0 Å². The molecule has 2 heteroatoms. The summed E-state index contributed by atoms with van der Waals surface area (Å²) in [5, 5.41) is 0. The number of allylic oxidation sites excluding steroid dienone is 2. The van der Waals surface area contributed by atoms with Gasteiger partial charge in [-0.05, 0) is 6.08 Å². The molecule has 8 heavy (non-hydrogen) atoms. The molecule has 0 spiro atoms. The van der Waals surface area contributed by atoms with Crippen LogP contribution in [0.2, 0.25) is 0 Å². The maximum atomic E-state index is 5.22. The van der Waals surface area contributed by atoms with E-state index < -0.39 is 0 Å². The van der Waals surface area contributed by atoms with Gasteiger partial charge in [0.15, 0.2) is 0 Å². The Hall–Kier alpha value is -1.36. The van der Waals surface area contributed by atoms with Crippen molar-refractivity contribution in [2.45, 2.75) is 0 Å². The van der Waals surface area contributed by atoms with Crippen LogP contribution in [-0.4, -0.2) is 0 Å². The first-order chi connectivity index (χ1) is 3.72. The van der Waals surface area contributed by atoms with Crippen LogP contribution in [0, 0.1) is 12.3 Å². The summed E-state index contributed by atoms with van der Waals surface area (Å²) in [6.07, 6.45) is 6.30. The number of hydrogen-bond donors (Lipinski definition) is 2. The van der Waals surface area contributed by atoms with E-state index in [0.29, 0.717) is 5.70 Å². The van der Waals surface area contributed by atoms with Crippen LogP contribution >= 0.6 is 0 Å². The SMILES string of the molecule is C#C/C(N)=C(/N)C=C. The Bertz CT molecular complexity index is 160. The van der Waals surface area contributed by atoms with Crippen molar-refractivity contribution in [3.8, 4) is 12.3 Å². The summed E-state index contributed by atoms with van der Waals surface area (Å²) >= 11 is 0. The zero-order chi connectivity index (χ0) is 6.57. The predicted octanol–water partition coefficient (Wildman–Crippen LogP) is -0.0654. The molecule has 0 bridgehead atoms. The lowest BCUT2D eigenvalue weighted by Crippen LogP contribution is -2.04. The van der Waals surface area contributed by atoms with Crippen LogP contribution in [-0.2, 0) is 0 Å². The Morgan fingerprint density at radius 3 is 2.25 bits per heavy atom. The van der Waals surface area contributed by atoms with Gasteiger partial charge in [0.1, 0.15) is 5.70 Å². The van der Waals surface area contributed by atoms with Crippen molar-refractivity contribution in [3.05, 3.63) is 24.0 Å². The summed E-state index contributed by atoms with van der Waals surface area (Å²) in [5.41, 5.74) is 11.0. The first-order valence-electron chi connectivity index (χ1n) is 2.06. The van der Waals surface area contributed by atoms with E-state index in [9.17, 15) is 0 Å². The van der Waals surface area contributed by atoms with Crippen molar-refractivity contribution in [2.24, 2.45) is 11.5 Å². The summed E-state index contributed by atoms with van der Waals surface area (Å²) < 4.78 is 0. The Morgan fingerprint density at radius 1 is 1.62 bits per heavy atom. The summed E-state index contributed by atoms with van der Waals surface area (Å²) in [6.45, 7) is 3.37. The Morgan fingerprint density at radius 2 is 2.12 bits per heavy atom. The summed E-state index contributed by atoms with van der Waals surface area (Å²) in [5.74, 6) is 2.18. The van der Waals surface area contributed by atoms with Crippen molar-refractivity contribution < 1.29 is 0 Å². The lowest BCUT2D eigenvalue weighted by molar-refractivity contribution is 1.31. The number of nitrogens with two attached hydrogens (primary N) is 2. The molecule has 0 aromatic heterocycles. The van der Waals surface area contributed by atoms with E-state index in [0.717, 1.165) is 0 Å². The second-order valence-electron chi connectivity index (χ2n) is 1.22. The number of hydrogen-bond acceptors (Lipinski definition) is 2. The molecule has 42 valence electrons. The third-order valence-electron chi connectivity index (χ3n) is 0.686. The van der Waals surface area contributed by atoms with E-state index in [1.807, 2.05) is 0 Å². The molecule has 4 N–H and O–H groups in total. The van der Waals surface area contributed by atoms with E-state index in [1.165, 1.54) is 6.08 Å². The van der Waals surface area contributed by atoms with Gasteiger partial charge < -0.3 is 11.5 Å². The molecule has 0 aromatic carbocycles. The van der Waals surface area contributed by atoms with Gasteiger partial charge in [-0.3, -0.25) is 0 Å². The quantitative estimate of drug-likeness (QED) is 0.365. The van der Waals surface area contributed by atoms with Crippen molar-refractivity contribution >= 4 is 0 Å². The summed E-state index contributed by atoms with van der Waals surface area (Å²) in [4.78, 5) is 0. The molecule has 0 atom stereocenters. The molecule has 0 amide bonds. The second kappa shape index (κ2) is 2.75. The van der Waals surface area contributed by atoms with E-state index in [-0.39, 0.29) is 5.70 Å². The van der Waals surface area contributed by atoms with Crippen molar-refractivity contribution in [1.82, 2.24) is 0 Å². The topological polar surface area (TPSA) is 52.0 Å². The lowest BCUT2D eigenvalue weighted by Gasteiger charge is -1.90. The molecule has 0 saturated heterocycles. The van der Waals surface area contributed by atoms with Gasteiger partial charge in [-0.15, -0.1) is 6.42 Å². The molecule has 0 fully saturated rings. The number of terminal acetylenes is 1. The Labute approximate surface area is 48.9 Å². The zero-order valence-corrected chi connectivity index (χ0v) is 4.52. The Kier molecular flexibility index (Phi) is 2.29. The molecule has 0 aromatic rings. The Balaban J connectivity index is 4.33. The summed E-state index contributed by atoms with van der Waals surface area (Å²) in [6, 6.07) is 0. The molecular formula is C6H8N2. The van der Waals surface area contributed by atoms with Crippen molar-refractivity contribution in [1.29, 1.82) is 0 Å². The third kappa shape index (κ3) is 1.39. The van der Waals surface area contributed by atoms with Crippen LogP contribution in [0.1, 0.15) is 0 Å². The first kappa shape index (κ1) is 6.64. The standard InChI is InChI=1S/C6H8N2/c1-3-5(7)6(8)4-2/h1,4H,2,7-8H2/b6-5-. The smallest absolute Gasteiger partial charge is 0.106 e. The highest BCUT2D eigenvalue weighted by molar-refractivity contribution is 5.31. The molecule has 0 aliphatic heterocycles. The molecule has 2 nitrogen and oxygen atoms in total. The molecule has 0 rings (SSSR count). The van der Waals surface area contributed by atoms with Crippen LogP contribution in [0.15, 0.2) is 24.0 Å². The van der Waals surface area contributed by atoms with E-state index in [4.69, 9.17) is 17.9 Å². The average Bonchev–Trinajstić information content (AvgIpc) is 1.84. The van der Waals surface area contributed by atoms with Gasteiger partial charge in [-0.2, -0.15) is 0 Å². The van der Waals surface area contributed by atoms with E-state index in [2.05, 4.69) is 12.5 Å². The highest BCUT2D eigenvalue weighted by Gasteiger charge is 1.84. The van der Waals surface area contributed by atoms with Crippen LogP contribution in [0.4, 0.5) is 0 Å². The molecule has 0 saturated carbocycles. The highest BCUT2D eigenvalue weighted by atomic mass is 14.7. The van der Waals surface area contributed by atoms with Gasteiger partial charge in [0, 0.05) is 0 Å². The van der Waals surface area contributed by atoms with Gasteiger partial charge in [0.2, 0.25) is 0 Å². The molecular weight excluding hydrogens is 100 g/mol. The normalized spacial score (nSPS) is 11.4. The molecule has 0 unspecified atom stereocenters. The van der Waals surface area contributed by atoms with Crippen LogP contribution in [0.3, 0.4) is 0 Å². The fourth-order valence-electron chi connectivity index (χ4n) is 0.193. The molecule has 0 radical (unpaired) electrons. The van der Waals surface area contributed by atoms with Gasteiger partial charge in [-0.1, -0.05) is 12.5 Å². The minimum Gasteiger partial charge on any atom is -0.397 e. The monoisotopic (exact) mass is 108 g/mol. The van der Waals surface area contributed by atoms with Gasteiger partial charge in [0.25, 0.3) is 0 Å². The van der Waals surface area contributed by atoms with Crippen molar-refractivity contribution in [2.75, 3.05) is 0 Å². The van der Waals surface area contributed by atoms with E-state index in [1.54, 1.807) is 0 Å². The fraction of sp³-hybridized carbons (Fsp3) is 0. The minimum atomic E-state index is 0.236. The van der Waals surface area contributed by atoms with Crippen LogP contribution < -0.4 is 11.5 Å². The fourth-order valence-corrected chi connectivity index (χ4v) is 0.193. The predicted molar refractivity (Wildman–Crippen MR) is 34.4 cm³/mol. The molecule has 0 aliphatic carbocycles. The summed E-state index contributed by atoms with van der Waals surface area (Å²) in [7, 11) is 0. The second-order valence-corrected chi connectivity index (χ2v) is 1.22. The first-order valence-corrected chi connectivity index (χ1v) is 2.06. The minimum absolute atomic E-state index is 0.236. The lowest BCUT2D eigenvalue weighted by atomic mass is 10.3. The third-order valence-corrected chi connectivity index (χ3v) is 0.686. The highest BCUT2D eigenvalue weighted by Crippen LogP contribution is 1.87. The van der Waals surface area contributed by atoms with Gasteiger partial charge in [-0.25, -0.2) is 0 Å². The van der Waals surface area contributed by atoms with Crippen molar-refractivity contribution in [3.63, 3.8) is 0 Å². The molecule has 0 heterocycles. The van der Waals surface area contributed by atoms with Crippen LogP contribution in [0.5, 0.6) is 0 Å². The maximum absolute atomic E-state index is 5.22. The molecule has 0 aliphatic rings. The van der Waals surface area contributed by atoms with Gasteiger partial charge >= 0.3 is 0 Å².